The predicted molar refractivity (Wildman–Crippen MR) is 74.5 cm³/mol. The fraction of sp³-hybridized carbons (Fsp3) is 0.533. The second-order valence-corrected chi connectivity index (χ2v) is 4.09. The lowest BCUT2D eigenvalue weighted by atomic mass is 10.0. The van der Waals surface area contributed by atoms with Crippen LogP contribution in [0.5, 0.6) is 5.75 Å². The first-order chi connectivity index (χ1) is 8.83. The van der Waals surface area contributed by atoms with Crippen LogP contribution in [0.4, 0.5) is 0 Å². The number of pyridine rings is 1. The van der Waals surface area contributed by atoms with Gasteiger partial charge in [-0.15, -0.1) is 11.8 Å². The lowest BCUT2D eigenvalue weighted by Gasteiger charge is -2.20. The molecule has 0 aromatic carbocycles. The Labute approximate surface area is 110 Å². The van der Waals surface area contributed by atoms with E-state index in [1.165, 1.54) is 5.56 Å². The normalized spacial score (nSPS) is 11.5. The molecule has 1 aromatic heterocycles. The molecule has 0 saturated carbocycles. The van der Waals surface area contributed by atoms with E-state index in [-0.39, 0.29) is 6.04 Å². The molecule has 3 heteroatoms. The number of nitrogens with one attached hydrogen (secondary N) is 1. The Hall–Kier alpha value is -1.53. The number of aromatic nitrogens is 1. The first kappa shape index (κ1) is 14.5. The summed E-state index contributed by atoms with van der Waals surface area (Å²) in [6.07, 6.45) is 6.57. The van der Waals surface area contributed by atoms with Gasteiger partial charge in [0.15, 0.2) is 0 Å². The van der Waals surface area contributed by atoms with Gasteiger partial charge >= 0.3 is 0 Å². The Bertz CT molecular complexity index is 406. The van der Waals surface area contributed by atoms with Crippen molar-refractivity contribution in [2.24, 2.45) is 0 Å². The van der Waals surface area contributed by atoms with Gasteiger partial charge in [-0.05, 0) is 32.4 Å². The zero-order valence-corrected chi connectivity index (χ0v) is 11.5. The Morgan fingerprint density at radius 1 is 1.50 bits per heavy atom. The molecule has 18 heavy (non-hydrogen) atoms. The molecule has 1 unspecified atom stereocenters. The number of ether oxygens (including phenoxy) is 1. The molecular weight excluding hydrogens is 224 g/mol. The van der Waals surface area contributed by atoms with Crippen molar-refractivity contribution in [2.75, 3.05) is 13.7 Å². The fourth-order valence-corrected chi connectivity index (χ4v) is 1.88. The molecule has 0 aliphatic rings. The Morgan fingerprint density at radius 2 is 2.33 bits per heavy atom. The largest absolute Gasteiger partial charge is 0.495 e. The fourth-order valence-electron chi connectivity index (χ4n) is 1.88. The molecule has 0 amide bonds. The third-order valence-corrected chi connectivity index (χ3v) is 2.79. The summed E-state index contributed by atoms with van der Waals surface area (Å²) in [6.45, 7) is 5.04. The van der Waals surface area contributed by atoms with Crippen LogP contribution in [-0.4, -0.2) is 18.6 Å². The maximum Gasteiger partial charge on any atom is 0.141 e. The average Bonchev–Trinajstić information content (AvgIpc) is 2.42. The average molecular weight is 246 g/mol. The molecule has 1 atom stereocenters. The molecule has 0 bridgehead atoms. The van der Waals surface area contributed by atoms with Gasteiger partial charge in [0.05, 0.1) is 13.3 Å². The summed E-state index contributed by atoms with van der Waals surface area (Å²) in [5.74, 6) is 6.90. The van der Waals surface area contributed by atoms with E-state index in [0.717, 1.165) is 31.6 Å². The minimum absolute atomic E-state index is 0.281. The monoisotopic (exact) mass is 246 g/mol. The molecule has 1 rings (SSSR count). The smallest absolute Gasteiger partial charge is 0.141 e. The van der Waals surface area contributed by atoms with E-state index in [0.29, 0.717) is 0 Å². The van der Waals surface area contributed by atoms with Gasteiger partial charge in [0.1, 0.15) is 5.75 Å². The van der Waals surface area contributed by atoms with Gasteiger partial charge in [0, 0.05) is 24.2 Å². The van der Waals surface area contributed by atoms with Crippen molar-refractivity contribution in [3.63, 3.8) is 0 Å². The van der Waals surface area contributed by atoms with Crippen molar-refractivity contribution in [2.45, 2.75) is 39.2 Å². The maximum atomic E-state index is 5.37. The summed E-state index contributed by atoms with van der Waals surface area (Å²) in [6, 6.07) is 2.30. The number of hydrogen-bond donors (Lipinski definition) is 1. The third-order valence-electron chi connectivity index (χ3n) is 2.79. The quantitative estimate of drug-likeness (QED) is 0.751. The molecule has 3 nitrogen and oxygen atoms in total. The van der Waals surface area contributed by atoms with Crippen LogP contribution in [-0.2, 0) is 0 Å². The van der Waals surface area contributed by atoms with E-state index < -0.39 is 0 Å². The molecule has 0 spiro atoms. The molecule has 1 heterocycles. The lowest BCUT2D eigenvalue weighted by molar-refractivity contribution is 0.393. The van der Waals surface area contributed by atoms with Gasteiger partial charge in [0.2, 0.25) is 0 Å². The second-order valence-electron chi connectivity index (χ2n) is 4.09. The highest BCUT2D eigenvalue weighted by Gasteiger charge is 2.14. The van der Waals surface area contributed by atoms with Gasteiger partial charge in [0.25, 0.3) is 0 Å². The molecule has 1 N–H and O–H groups in total. The van der Waals surface area contributed by atoms with Crippen LogP contribution in [0.2, 0.25) is 0 Å². The van der Waals surface area contributed by atoms with E-state index in [2.05, 4.69) is 29.1 Å². The number of rotatable bonds is 7. The summed E-state index contributed by atoms with van der Waals surface area (Å²) >= 11 is 0. The van der Waals surface area contributed by atoms with Crippen molar-refractivity contribution in [3.8, 4) is 17.6 Å². The minimum Gasteiger partial charge on any atom is -0.495 e. The number of methoxy groups -OCH3 is 1. The van der Waals surface area contributed by atoms with Crippen molar-refractivity contribution in [1.82, 2.24) is 10.3 Å². The molecule has 0 fully saturated rings. The van der Waals surface area contributed by atoms with E-state index >= 15 is 0 Å². The molecule has 98 valence electrons. The minimum atomic E-state index is 0.281. The molecule has 0 radical (unpaired) electrons. The molecule has 0 aliphatic carbocycles. The van der Waals surface area contributed by atoms with Gasteiger partial charge in [-0.1, -0.05) is 6.92 Å². The van der Waals surface area contributed by atoms with E-state index in [4.69, 9.17) is 4.74 Å². The Balaban J connectivity index is 2.81. The van der Waals surface area contributed by atoms with Crippen LogP contribution in [0, 0.1) is 11.8 Å². The lowest BCUT2D eigenvalue weighted by Crippen LogP contribution is -2.22. The summed E-state index contributed by atoms with van der Waals surface area (Å²) < 4.78 is 5.37. The van der Waals surface area contributed by atoms with Gasteiger partial charge in [-0.3, -0.25) is 4.98 Å². The van der Waals surface area contributed by atoms with Crippen LogP contribution in [0.25, 0.3) is 0 Å². The topological polar surface area (TPSA) is 34.2 Å². The van der Waals surface area contributed by atoms with E-state index in [1.807, 2.05) is 19.2 Å². The number of hydrogen-bond acceptors (Lipinski definition) is 3. The highest BCUT2D eigenvalue weighted by atomic mass is 16.5. The van der Waals surface area contributed by atoms with Crippen LogP contribution in [0.1, 0.15) is 44.7 Å². The molecule has 0 aliphatic heterocycles. The van der Waals surface area contributed by atoms with Crippen LogP contribution in [0.15, 0.2) is 18.5 Å². The van der Waals surface area contributed by atoms with Gasteiger partial charge in [-0.2, -0.15) is 0 Å². The molecule has 1 aromatic rings. The Morgan fingerprint density at radius 3 is 3.00 bits per heavy atom. The summed E-state index contributed by atoms with van der Waals surface area (Å²) in [5.41, 5.74) is 1.17. The summed E-state index contributed by atoms with van der Waals surface area (Å²) in [4.78, 5) is 4.09. The highest BCUT2D eigenvalue weighted by molar-refractivity contribution is 5.32. The van der Waals surface area contributed by atoms with E-state index in [1.54, 1.807) is 13.3 Å². The maximum absolute atomic E-state index is 5.37. The van der Waals surface area contributed by atoms with Crippen LogP contribution < -0.4 is 10.1 Å². The van der Waals surface area contributed by atoms with Crippen molar-refractivity contribution >= 4 is 0 Å². The van der Waals surface area contributed by atoms with Crippen molar-refractivity contribution < 1.29 is 4.74 Å². The van der Waals surface area contributed by atoms with Crippen molar-refractivity contribution in [1.29, 1.82) is 0 Å². The zero-order chi connectivity index (χ0) is 13.2. The SMILES string of the molecule is CC#CCCC(NCCC)c1ccncc1OC. The summed E-state index contributed by atoms with van der Waals surface area (Å²) in [5, 5.41) is 3.54. The van der Waals surface area contributed by atoms with Crippen molar-refractivity contribution in [3.05, 3.63) is 24.0 Å². The van der Waals surface area contributed by atoms with Gasteiger partial charge < -0.3 is 10.1 Å². The first-order valence-corrected chi connectivity index (χ1v) is 6.44. The highest BCUT2D eigenvalue weighted by Crippen LogP contribution is 2.26. The first-order valence-electron chi connectivity index (χ1n) is 6.44. The predicted octanol–water partition coefficient (Wildman–Crippen LogP) is 2.93. The standard InChI is InChI=1S/C15H22N2O/c1-4-6-7-8-14(17-10-5-2)13-9-11-16-12-15(13)18-3/h9,11-12,14,17H,5,7-8,10H2,1-3H3. The summed E-state index contributed by atoms with van der Waals surface area (Å²) in [7, 11) is 1.68. The number of nitrogens with zero attached hydrogens (tertiary/aromatic N) is 1. The molecule has 0 saturated heterocycles. The third kappa shape index (κ3) is 4.38. The van der Waals surface area contributed by atoms with Crippen LogP contribution in [0.3, 0.4) is 0 Å². The van der Waals surface area contributed by atoms with Gasteiger partial charge in [-0.25, -0.2) is 0 Å². The zero-order valence-electron chi connectivity index (χ0n) is 11.5. The Kier molecular flexibility index (Phi) is 6.90. The van der Waals surface area contributed by atoms with E-state index in [9.17, 15) is 0 Å². The second kappa shape index (κ2) is 8.54. The molecular formula is C15H22N2O. The van der Waals surface area contributed by atoms with Crippen LogP contribution >= 0.6 is 0 Å².